The number of benzene rings is 2. The third-order valence-electron chi connectivity index (χ3n) is 4.16. The molecule has 2 aromatic carbocycles. The van der Waals surface area contributed by atoms with Gasteiger partial charge >= 0.3 is 0 Å². The summed E-state index contributed by atoms with van der Waals surface area (Å²) in [4.78, 5) is 4.56. The first-order valence-electron chi connectivity index (χ1n) is 8.79. The van der Waals surface area contributed by atoms with E-state index in [4.69, 9.17) is 4.74 Å². The van der Waals surface area contributed by atoms with E-state index >= 15 is 0 Å². The number of ether oxygens (including phenoxy) is 1. The predicted molar refractivity (Wildman–Crippen MR) is 109 cm³/mol. The highest BCUT2D eigenvalue weighted by atomic mass is 32.2. The Morgan fingerprint density at radius 3 is 2.22 bits per heavy atom. The number of nitrogens with one attached hydrogen (secondary N) is 2. The molecular weight excluding hydrogens is 362 g/mol. The lowest BCUT2D eigenvalue weighted by molar-refractivity contribution is 0.409. The van der Waals surface area contributed by atoms with Gasteiger partial charge in [-0.15, -0.1) is 0 Å². The van der Waals surface area contributed by atoms with E-state index in [-0.39, 0.29) is 0 Å². The van der Waals surface area contributed by atoms with Gasteiger partial charge < -0.3 is 15.4 Å². The molecule has 0 radical (unpaired) electrons. The molecule has 0 aliphatic carbocycles. The predicted octanol–water partition coefficient (Wildman–Crippen LogP) is 2.05. The average Bonchev–Trinajstić information content (AvgIpc) is 2.66. The van der Waals surface area contributed by atoms with Crippen LogP contribution < -0.4 is 15.4 Å². The van der Waals surface area contributed by atoms with Crippen molar-refractivity contribution in [2.24, 2.45) is 4.99 Å². The molecule has 0 aliphatic heterocycles. The van der Waals surface area contributed by atoms with Gasteiger partial charge in [0.05, 0.1) is 12.0 Å². The largest absolute Gasteiger partial charge is 0.496 e. The summed E-state index contributed by atoms with van der Waals surface area (Å²) >= 11 is 0. The second-order valence-electron chi connectivity index (χ2n) is 6.15. The number of para-hydroxylation sites is 1. The van der Waals surface area contributed by atoms with Crippen LogP contribution in [-0.4, -0.2) is 47.9 Å². The zero-order valence-electron chi connectivity index (χ0n) is 16.0. The second-order valence-corrected chi connectivity index (χ2v) is 8.17. The Kier molecular flexibility index (Phi) is 7.67. The van der Waals surface area contributed by atoms with Gasteiger partial charge in [0.1, 0.15) is 5.75 Å². The van der Waals surface area contributed by atoms with Crippen LogP contribution in [0, 0.1) is 0 Å². The van der Waals surface area contributed by atoms with Gasteiger partial charge in [-0.05, 0) is 42.2 Å². The topological polar surface area (TPSA) is 79.8 Å². The number of aliphatic imine (C=N–C) groups is 1. The van der Waals surface area contributed by atoms with Crippen molar-refractivity contribution in [1.82, 2.24) is 10.6 Å². The van der Waals surface area contributed by atoms with Crippen molar-refractivity contribution in [3.8, 4) is 5.75 Å². The van der Waals surface area contributed by atoms with Crippen molar-refractivity contribution in [2.75, 3.05) is 33.5 Å². The number of hydrogen-bond acceptors (Lipinski definition) is 4. The monoisotopic (exact) mass is 389 g/mol. The number of sulfone groups is 1. The van der Waals surface area contributed by atoms with Crippen LogP contribution in [0.1, 0.15) is 11.1 Å². The van der Waals surface area contributed by atoms with Gasteiger partial charge in [0.15, 0.2) is 15.8 Å². The Labute approximate surface area is 161 Å². The summed E-state index contributed by atoms with van der Waals surface area (Å²) in [5.41, 5.74) is 2.22. The standard InChI is InChI=1S/C20H27N3O3S/c1-21-20(23-15-13-17-6-4-5-7-19(17)26-2)22-14-12-16-8-10-18(11-9-16)27(3,24)25/h4-11H,12-15H2,1-3H3,(H2,21,22,23). The summed E-state index contributed by atoms with van der Waals surface area (Å²) in [6.45, 7) is 1.44. The summed E-state index contributed by atoms with van der Waals surface area (Å²) in [5, 5.41) is 6.56. The van der Waals surface area contributed by atoms with Crippen molar-refractivity contribution >= 4 is 15.8 Å². The molecule has 0 amide bonds. The first kappa shape index (κ1) is 20.8. The molecule has 27 heavy (non-hydrogen) atoms. The zero-order chi connectivity index (χ0) is 19.7. The molecule has 0 bridgehead atoms. The number of hydrogen-bond donors (Lipinski definition) is 2. The Hall–Kier alpha value is -2.54. The first-order chi connectivity index (χ1) is 12.9. The third kappa shape index (κ3) is 6.60. The van der Waals surface area contributed by atoms with E-state index in [1.165, 1.54) is 6.26 Å². The van der Waals surface area contributed by atoms with Crippen LogP contribution in [-0.2, 0) is 22.7 Å². The highest BCUT2D eigenvalue weighted by Gasteiger charge is 2.06. The Morgan fingerprint density at radius 2 is 1.63 bits per heavy atom. The van der Waals surface area contributed by atoms with Crippen molar-refractivity contribution < 1.29 is 13.2 Å². The molecule has 0 fully saturated rings. The number of guanidine groups is 1. The molecule has 0 atom stereocenters. The van der Waals surface area contributed by atoms with Gasteiger partial charge in [0.2, 0.25) is 0 Å². The lowest BCUT2D eigenvalue weighted by Gasteiger charge is -2.13. The number of methoxy groups -OCH3 is 1. The van der Waals surface area contributed by atoms with Gasteiger partial charge in [0.25, 0.3) is 0 Å². The minimum Gasteiger partial charge on any atom is -0.496 e. The SMILES string of the molecule is CN=C(NCCc1ccc(S(C)(=O)=O)cc1)NCCc1ccccc1OC. The summed E-state index contributed by atoms with van der Waals surface area (Å²) in [6.07, 6.45) is 2.82. The van der Waals surface area contributed by atoms with Gasteiger partial charge in [-0.25, -0.2) is 8.42 Å². The van der Waals surface area contributed by atoms with E-state index in [1.807, 2.05) is 30.3 Å². The summed E-state index contributed by atoms with van der Waals surface area (Å²) in [6, 6.07) is 14.9. The highest BCUT2D eigenvalue weighted by molar-refractivity contribution is 7.90. The Balaban J connectivity index is 1.77. The van der Waals surface area contributed by atoms with Crippen molar-refractivity contribution in [1.29, 1.82) is 0 Å². The Bertz CT molecular complexity index is 862. The van der Waals surface area contributed by atoms with Crippen molar-refractivity contribution in [2.45, 2.75) is 17.7 Å². The third-order valence-corrected chi connectivity index (χ3v) is 5.29. The maximum atomic E-state index is 11.5. The fourth-order valence-corrected chi connectivity index (χ4v) is 3.30. The Morgan fingerprint density at radius 1 is 1.00 bits per heavy atom. The maximum Gasteiger partial charge on any atom is 0.190 e. The molecule has 2 rings (SSSR count). The molecular formula is C20H27N3O3S. The van der Waals surface area contributed by atoms with Crippen LogP contribution in [0.3, 0.4) is 0 Å². The molecule has 2 N–H and O–H groups in total. The second kappa shape index (κ2) is 9.97. The molecule has 2 aromatic rings. The maximum absolute atomic E-state index is 11.5. The zero-order valence-corrected chi connectivity index (χ0v) is 16.8. The van der Waals surface area contributed by atoms with Crippen molar-refractivity contribution in [3.63, 3.8) is 0 Å². The molecule has 7 heteroatoms. The number of nitrogens with zero attached hydrogens (tertiary/aromatic N) is 1. The average molecular weight is 390 g/mol. The lowest BCUT2D eigenvalue weighted by Crippen LogP contribution is -2.39. The van der Waals surface area contributed by atoms with Gasteiger partial charge in [-0.1, -0.05) is 30.3 Å². The van der Waals surface area contributed by atoms with E-state index < -0.39 is 9.84 Å². The van der Waals surface area contributed by atoms with E-state index in [0.717, 1.165) is 42.2 Å². The first-order valence-corrected chi connectivity index (χ1v) is 10.7. The molecule has 0 saturated carbocycles. The van der Waals surface area contributed by atoms with Crippen LogP contribution in [0.25, 0.3) is 0 Å². The molecule has 0 saturated heterocycles. The summed E-state index contributed by atoms with van der Waals surface area (Å²) in [7, 11) is 0.262. The van der Waals surface area contributed by atoms with E-state index in [1.54, 1.807) is 26.3 Å². The number of rotatable bonds is 8. The normalized spacial score (nSPS) is 11.9. The van der Waals surface area contributed by atoms with E-state index in [9.17, 15) is 8.42 Å². The van der Waals surface area contributed by atoms with Gasteiger partial charge in [-0.3, -0.25) is 4.99 Å². The minimum atomic E-state index is -3.15. The van der Waals surface area contributed by atoms with Gasteiger partial charge in [0, 0.05) is 26.4 Å². The van der Waals surface area contributed by atoms with Crippen molar-refractivity contribution in [3.05, 3.63) is 59.7 Å². The molecule has 6 nitrogen and oxygen atoms in total. The molecule has 0 aromatic heterocycles. The molecule has 0 heterocycles. The minimum absolute atomic E-state index is 0.341. The fraction of sp³-hybridized carbons (Fsp3) is 0.350. The summed E-state index contributed by atoms with van der Waals surface area (Å²) in [5.74, 6) is 1.62. The molecule has 0 unspecified atom stereocenters. The smallest absolute Gasteiger partial charge is 0.190 e. The van der Waals surface area contributed by atoms with E-state index in [2.05, 4.69) is 21.7 Å². The van der Waals surface area contributed by atoms with Crippen LogP contribution in [0.4, 0.5) is 0 Å². The molecule has 146 valence electrons. The van der Waals surface area contributed by atoms with Crippen LogP contribution >= 0.6 is 0 Å². The fourth-order valence-electron chi connectivity index (χ4n) is 2.67. The van der Waals surface area contributed by atoms with Crippen LogP contribution in [0.5, 0.6) is 5.75 Å². The van der Waals surface area contributed by atoms with Crippen LogP contribution in [0.15, 0.2) is 58.4 Å². The highest BCUT2D eigenvalue weighted by Crippen LogP contribution is 2.17. The summed E-state index contributed by atoms with van der Waals surface area (Å²) < 4.78 is 28.3. The lowest BCUT2D eigenvalue weighted by atomic mass is 10.1. The van der Waals surface area contributed by atoms with E-state index in [0.29, 0.717) is 11.4 Å². The molecule has 0 spiro atoms. The van der Waals surface area contributed by atoms with Gasteiger partial charge in [-0.2, -0.15) is 0 Å². The quantitative estimate of drug-likeness (QED) is 0.534. The molecule has 0 aliphatic rings. The van der Waals surface area contributed by atoms with Crippen LogP contribution in [0.2, 0.25) is 0 Å².